The second-order valence-electron chi connectivity index (χ2n) is 5.91. The van der Waals surface area contributed by atoms with Crippen molar-refractivity contribution in [3.8, 4) is 0 Å². The van der Waals surface area contributed by atoms with Crippen LogP contribution in [0.25, 0.3) is 0 Å². The van der Waals surface area contributed by atoms with Gasteiger partial charge in [0.05, 0.1) is 5.75 Å². The molecule has 0 aliphatic heterocycles. The Balaban J connectivity index is 1.80. The van der Waals surface area contributed by atoms with Crippen LogP contribution in [0.3, 0.4) is 0 Å². The van der Waals surface area contributed by atoms with E-state index in [9.17, 15) is 0 Å². The van der Waals surface area contributed by atoms with Crippen LogP contribution in [-0.4, -0.2) is 22.4 Å². The normalized spacial score (nSPS) is 24.0. The summed E-state index contributed by atoms with van der Waals surface area (Å²) >= 11 is 1.88. The minimum Gasteiger partial charge on any atom is -0.339 e. The molecule has 0 amide bonds. The molecule has 1 heterocycles. The second-order valence-corrected chi connectivity index (χ2v) is 6.94. The van der Waals surface area contributed by atoms with E-state index in [0.29, 0.717) is 17.8 Å². The molecule has 5 heteroatoms. The number of nitrogens with zero attached hydrogens (tertiary/aromatic N) is 2. The van der Waals surface area contributed by atoms with Crippen molar-refractivity contribution in [2.45, 2.75) is 51.2 Å². The Morgan fingerprint density at radius 2 is 2.05 bits per heavy atom. The predicted octanol–water partition coefficient (Wildman–Crippen LogP) is 3.19. The van der Waals surface area contributed by atoms with E-state index in [2.05, 4.69) is 24.0 Å². The number of aromatic nitrogens is 2. The fourth-order valence-electron chi connectivity index (χ4n) is 2.52. The molecule has 19 heavy (non-hydrogen) atoms. The van der Waals surface area contributed by atoms with Crippen molar-refractivity contribution in [2.75, 3.05) is 12.3 Å². The van der Waals surface area contributed by atoms with Gasteiger partial charge in [-0.2, -0.15) is 16.7 Å². The van der Waals surface area contributed by atoms with Crippen LogP contribution >= 0.6 is 11.8 Å². The number of thioether (sulfide) groups is 1. The molecular formula is C14H25N3OS. The standard InChI is InChI=1S/C14H25N3OS/c1-10(2)8-19-9-13-16-14(18-17-13)12-5-3-11(7-15)4-6-12/h10-12H,3-9,15H2,1-2H3. The fraction of sp³-hybridized carbons (Fsp3) is 0.857. The van der Waals surface area contributed by atoms with Gasteiger partial charge in [-0.3, -0.25) is 0 Å². The zero-order chi connectivity index (χ0) is 13.7. The highest BCUT2D eigenvalue weighted by atomic mass is 32.2. The Morgan fingerprint density at radius 3 is 2.68 bits per heavy atom. The minimum atomic E-state index is 0.458. The van der Waals surface area contributed by atoms with Crippen molar-refractivity contribution in [2.24, 2.45) is 17.6 Å². The van der Waals surface area contributed by atoms with E-state index >= 15 is 0 Å². The molecule has 1 saturated carbocycles. The highest BCUT2D eigenvalue weighted by Gasteiger charge is 2.25. The monoisotopic (exact) mass is 283 g/mol. The zero-order valence-electron chi connectivity index (χ0n) is 12.0. The Bertz CT molecular complexity index is 373. The third-order valence-corrected chi connectivity index (χ3v) is 5.06. The van der Waals surface area contributed by atoms with Gasteiger partial charge in [-0.15, -0.1) is 0 Å². The summed E-state index contributed by atoms with van der Waals surface area (Å²) in [4.78, 5) is 4.55. The molecule has 4 nitrogen and oxygen atoms in total. The van der Waals surface area contributed by atoms with E-state index in [-0.39, 0.29) is 0 Å². The largest absolute Gasteiger partial charge is 0.339 e. The summed E-state index contributed by atoms with van der Waals surface area (Å²) in [6.07, 6.45) is 4.67. The third kappa shape index (κ3) is 4.49. The average molecular weight is 283 g/mol. The Labute approximate surface area is 119 Å². The molecule has 0 unspecified atom stereocenters. The van der Waals surface area contributed by atoms with Crippen LogP contribution in [0.2, 0.25) is 0 Å². The van der Waals surface area contributed by atoms with E-state index in [0.717, 1.165) is 42.6 Å². The molecule has 0 spiro atoms. The maximum absolute atomic E-state index is 5.72. The highest BCUT2D eigenvalue weighted by Crippen LogP contribution is 2.34. The summed E-state index contributed by atoms with van der Waals surface area (Å²) in [6.45, 7) is 5.27. The van der Waals surface area contributed by atoms with Crippen LogP contribution in [0.1, 0.15) is 57.2 Å². The molecule has 0 atom stereocenters. The van der Waals surface area contributed by atoms with Crippen molar-refractivity contribution in [3.05, 3.63) is 11.7 Å². The molecule has 1 aromatic heterocycles. The summed E-state index contributed by atoms with van der Waals surface area (Å²) in [5, 5.41) is 4.10. The third-order valence-electron chi connectivity index (χ3n) is 3.70. The van der Waals surface area contributed by atoms with Crippen LogP contribution in [-0.2, 0) is 5.75 Å². The number of nitrogens with two attached hydrogens (primary N) is 1. The van der Waals surface area contributed by atoms with Crippen molar-refractivity contribution in [1.29, 1.82) is 0 Å². The fourth-order valence-corrected chi connectivity index (χ4v) is 3.41. The quantitative estimate of drug-likeness (QED) is 0.868. The van der Waals surface area contributed by atoms with Gasteiger partial charge in [-0.1, -0.05) is 19.0 Å². The van der Waals surface area contributed by atoms with Gasteiger partial charge < -0.3 is 10.3 Å². The first-order valence-corrected chi connectivity index (χ1v) is 8.44. The van der Waals surface area contributed by atoms with Gasteiger partial charge in [-0.05, 0) is 49.8 Å². The molecule has 0 saturated heterocycles. The molecule has 0 bridgehead atoms. The van der Waals surface area contributed by atoms with E-state index in [1.54, 1.807) is 0 Å². The molecule has 2 rings (SSSR count). The molecule has 1 fully saturated rings. The minimum absolute atomic E-state index is 0.458. The van der Waals surface area contributed by atoms with Gasteiger partial charge in [0.2, 0.25) is 5.89 Å². The molecule has 0 aromatic carbocycles. The lowest BCUT2D eigenvalue weighted by molar-refractivity contribution is 0.274. The topological polar surface area (TPSA) is 64.9 Å². The smallest absolute Gasteiger partial charge is 0.229 e. The molecular weight excluding hydrogens is 258 g/mol. The summed E-state index contributed by atoms with van der Waals surface area (Å²) in [5.41, 5.74) is 5.72. The lowest BCUT2D eigenvalue weighted by atomic mass is 9.82. The number of hydrogen-bond donors (Lipinski definition) is 1. The van der Waals surface area contributed by atoms with Gasteiger partial charge >= 0.3 is 0 Å². The van der Waals surface area contributed by atoms with Gasteiger partial charge in [0.15, 0.2) is 5.82 Å². The van der Waals surface area contributed by atoms with E-state index in [1.165, 1.54) is 12.8 Å². The zero-order valence-corrected chi connectivity index (χ0v) is 12.8. The predicted molar refractivity (Wildman–Crippen MR) is 79.1 cm³/mol. The summed E-state index contributed by atoms with van der Waals surface area (Å²) < 4.78 is 5.42. The van der Waals surface area contributed by atoms with E-state index < -0.39 is 0 Å². The van der Waals surface area contributed by atoms with Crippen LogP contribution < -0.4 is 5.73 Å². The van der Waals surface area contributed by atoms with Crippen molar-refractivity contribution >= 4 is 11.8 Å². The summed E-state index contributed by atoms with van der Waals surface area (Å²) in [5.74, 6) is 5.56. The average Bonchev–Trinajstić information content (AvgIpc) is 2.87. The van der Waals surface area contributed by atoms with E-state index in [4.69, 9.17) is 10.3 Å². The molecule has 1 aliphatic carbocycles. The number of rotatable bonds is 6. The van der Waals surface area contributed by atoms with Crippen molar-refractivity contribution in [3.63, 3.8) is 0 Å². The first kappa shape index (κ1) is 14.9. The van der Waals surface area contributed by atoms with E-state index in [1.807, 2.05) is 11.8 Å². The van der Waals surface area contributed by atoms with Crippen LogP contribution in [0.4, 0.5) is 0 Å². The summed E-state index contributed by atoms with van der Waals surface area (Å²) in [7, 11) is 0. The maximum atomic E-state index is 5.72. The van der Waals surface area contributed by atoms with Crippen LogP contribution in [0.5, 0.6) is 0 Å². The van der Waals surface area contributed by atoms with Crippen molar-refractivity contribution in [1.82, 2.24) is 10.1 Å². The first-order chi connectivity index (χ1) is 9.19. The molecule has 1 aliphatic rings. The Morgan fingerprint density at radius 1 is 1.32 bits per heavy atom. The summed E-state index contributed by atoms with van der Waals surface area (Å²) in [6, 6.07) is 0. The number of hydrogen-bond acceptors (Lipinski definition) is 5. The lowest BCUT2D eigenvalue weighted by Gasteiger charge is -2.24. The Kier molecular flexibility index (Phi) is 5.70. The maximum Gasteiger partial charge on any atom is 0.229 e. The second kappa shape index (κ2) is 7.29. The molecule has 2 N–H and O–H groups in total. The SMILES string of the molecule is CC(C)CSCc1noc(C2CCC(CN)CC2)n1. The molecule has 1 aromatic rings. The van der Waals surface area contributed by atoms with Gasteiger partial charge in [0.1, 0.15) is 0 Å². The molecule has 108 valence electrons. The highest BCUT2D eigenvalue weighted by molar-refractivity contribution is 7.98. The lowest BCUT2D eigenvalue weighted by Crippen LogP contribution is -2.20. The molecule has 0 radical (unpaired) electrons. The van der Waals surface area contributed by atoms with Crippen molar-refractivity contribution < 1.29 is 4.52 Å². The van der Waals surface area contributed by atoms with Gasteiger partial charge in [0, 0.05) is 5.92 Å². The van der Waals surface area contributed by atoms with Crippen LogP contribution in [0.15, 0.2) is 4.52 Å². The van der Waals surface area contributed by atoms with Gasteiger partial charge in [0.25, 0.3) is 0 Å². The van der Waals surface area contributed by atoms with Gasteiger partial charge in [-0.25, -0.2) is 0 Å². The Hall–Kier alpha value is -0.550. The first-order valence-electron chi connectivity index (χ1n) is 7.29. The van der Waals surface area contributed by atoms with Crippen LogP contribution in [0, 0.1) is 11.8 Å².